The Labute approximate surface area is 217 Å². The lowest BCUT2D eigenvalue weighted by Gasteiger charge is -2.25. The molecule has 0 bridgehead atoms. The van der Waals surface area contributed by atoms with Crippen molar-refractivity contribution in [3.63, 3.8) is 0 Å². The first-order chi connectivity index (χ1) is 17.6. The molecule has 2 heterocycles. The Morgan fingerprint density at radius 3 is 2.32 bits per heavy atom. The Bertz CT molecular complexity index is 1310. The second-order valence-corrected chi connectivity index (χ2v) is 12.6. The topological polar surface area (TPSA) is 132 Å². The molecule has 1 N–H and O–H groups in total. The number of nitrogens with one attached hydrogen (secondary N) is 1. The molecule has 0 radical (unpaired) electrons. The number of benzene rings is 2. The highest BCUT2D eigenvalue weighted by Gasteiger charge is 2.26. The summed E-state index contributed by atoms with van der Waals surface area (Å²) >= 11 is 0. The average molecular weight is 554 g/mol. The number of carbonyl (C=O) groups excluding carboxylic acids is 1. The van der Waals surface area contributed by atoms with Crippen molar-refractivity contribution in [2.45, 2.75) is 24.2 Å². The summed E-state index contributed by atoms with van der Waals surface area (Å²) < 4.78 is 69.3. The van der Waals surface area contributed by atoms with Crippen LogP contribution < -0.4 is 23.8 Å². The molecule has 2 aliphatic rings. The van der Waals surface area contributed by atoms with Crippen LogP contribution in [0.5, 0.6) is 17.2 Å². The molecule has 2 aromatic rings. The molecule has 0 unspecified atom stereocenters. The van der Waals surface area contributed by atoms with Crippen LogP contribution >= 0.6 is 0 Å². The lowest BCUT2D eigenvalue weighted by molar-refractivity contribution is -0.119. The number of sulfonamides is 2. The summed E-state index contributed by atoms with van der Waals surface area (Å²) in [6.07, 6.45) is 3.80. The van der Waals surface area contributed by atoms with E-state index in [1.165, 1.54) is 22.5 Å². The Balaban J connectivity index is 1.28. The minimum Gasteiger partial charge on any atom is -0.492 e. The number of fused-ring (bicyclic) bond motifs is 1. The molecule has 1 amide bonds. The van der Waals surface area contributed by atoms with Crippen molar-refractivity contribution in [3.8, 4) is 17.2 Å². The van der Waals surface area contributed by atoms with E-state index in [0.717, 1.165) is 29.8 Å². The van der Waals surface area contributed by atoms with Gasteiger partial charge in [-0.05, 0) is 49.2 Å². The Kier molecular flexibility index (Phi) is 8.45. The largest absolute Gasteiger partial charge is 0.492 e. The fourth-order valence-electron chi connectivity index (χ4n) is 4.10. The molecule has 2 aromatic carbocycles. The molecule has 1 fully saturated rings. The van der Waals surface area contributed by atoms with Gasteiger partial charge >= 0.3 is 0 Å². The van der Waals surface area contributed by atoms with Gasteiger partial charge in [0.15, 0.2) is 11.5 Å². The van der Waals surface area contributed by atoms with Gasteiger partial charge in [-0.3, -0.25) is 9.10 Å². The van der Waals surface area contributed by atoms with Gasteiger partial charge in [-0.25, -0.2) is 16.8 Å². The van der Waals surface area contributed by atoms with Crippen molar-refractivity contribution in [1.82, 2.24) is 9.62 Å². The number of carbonyl (C=O) groups is 1. The van der Waals surface area contributed by atoms with Gasteiger partial charge in [-0.2, -0.15) is 4.31 Å². The first kappa shape index (κ1) is 27.0. The zero-order valence-corrected chi connectivity index (χ0v) is 22.2. The summed E-state index contributed by atoms with van der Waals surface area (Å²) in [5.74, 6) is 0.885. The van der Waals surface area contributed by atoms with Gasteiger partial charge in [0.1, 0.15) is 32.1 Å². The molecule has 13 heteroatoms. The first-order valence-electron chi connectivity index (χ1n) is 12.0. The average Bonchev–Trinajstić information content (AvgIpc) is 2.89. The quantitative estimate of drug-likeness (QED) is 0.439. The van der Waals surface area contributed by atoms with Crippen molar-refractivity contribution in [3.05, 3.63) is 42.5 Å². The van der Waals surface area contributed by atoms with E-state index in [1.807, 2.05) is 0 Å². The Morgan fingerprint density at radius 2 is 1.65 bits per heavy atom. The minimum atomic E-state index is -3.75. The van der Waals surface area contributed by atoms with E-state index in [0.29, 0.717) is 43.6 Å². The monoisotopic (exact) mass is 553 g/mol. The summed E-state index contributed by atoms with van der Waals surface area (Å²) in [6.45, 7) is 1.67. The van der Waals surface area contributed by atoms with E-state index in [-0.39, 0.29) is 23.7 Å². The van der Waals surface area contributed by atoms with Crippen molar-refractivity contribution in [2.24, 2.45) is 0 Å². The SMILES string of the molecule is CS(=O)(=O)N(CC(=O)NCCOc1ccc(S(=O)(=O)N2CCCCC2)cc1)c1ccc2c(c1)OCCO2. The van der Waals surface area contributed by atoms with Crippen molar-refractivity contribution >= 4 is 31.6 Å². The van der Waals surface area contributed by atoms with Crippen molar-refractivity contribution < 1.29 is 35.8 Å². The van der Waals surface area contributed by atoms with E-state index in [2.05, 4.69) is 5.32 Å². The van der Waals surface area contributed by atoms with Gasteiger partial charge in [-0.1, -0.05) is 6.42 Å². The van der Waals surface area contributed by atoms with Crippen LogP contribution in [0.1, 0.15) is 19.3 Å². The summed E-state index contributed by atoms with van der Waals surface area (Å²) in [6, 6.07) is 10.9. The van der Waals surface area contributed by atoms with Crippen molar-refractivity contribution in [2.75, 3.05) is 56.6 Å². The molecule has 37 heavy (non-hydrogen) atoms. The molecule has 0 aromatic heterocycles. The number of nitrogens with zero attached hydrogens (tertiary/aromatic N) is 2. The lowest BCUT2D eigenvalue weighted by Crippen LogP contribution is -2.41. The molecule has 0 spiro atoms. The van der Waals surface area contributed by atoms with Crippen LogP contribution in [0, 0.1) is 0 Å². The summed E-state index contributed by atoms with van der Waals surface area (Å²) in [4.78, 5) is 12.7. The van der Waals surface area contributed by atoms with E-state index in [9.17, 15) is 21.6 Å². The van der Waals surface area contributed by atoms with Gasteiger partial charge in [-0.15, -0.1) is 0 Å². The van der Waals surface area contributed by atoms with Gasteiger partial charge in [0.05, 0.1) is 23.4 Å². The molecule has 0 saturated carbocycles. The summed E-state index contributed by atoms with van der Waals surface area (Å²) in [5, 5.41) is 2.64. The van der Waals surface area contributed by atoms with E-state index in [1.54, 1.807) is 24.3 Å². The van der Waals surface area contributed by atoms with E-state index < -0.39 is 32.5 Å². The third-order valence-corrected chi connectivity index (χ3v) is 9.02. The zero-order chi connectivity index (χ0) is 26.5. The Morgan fingerprint density at radius 1 is 0.973 bits per heavy atom. The standard InChI is InChI=1S/C24H31N3O8S2/c1-36(29,30)27(19-5-10-22-23(17-19)35-16-15-34-22)18-24(28)25-11-14-33-20-6-8-21(9-7-20)37(31,32)26-12-3-2-4-13-26/h5-10,17H,2-4,11-16,18H2,1H3,(H,25,28). The molecule has 4 rings (SSSR count). The third kappa shape index (κ3) is 6.84. The molecule has 0 atom stereocenters. The highest BCUT2D eigenvalue weighted by Crippen LogP contribution is 2.34. The van der Waals surface area contributed by atoms with Crippen LogP contribution in [0.3, 0.4) is 0 Å². The maximum atomic E-state index is 12.7. The minimum absolute atomic E-state index is 0.118. The zero-order valence-electron chi connectivity index (χ0n) is 20.6. The third-order valence-electron chi connectivity index (χ3n) is 5.97. The molecular formula is C24H31N3O8S2. The second-order valence-electron chi connectivity index (χ2n) is 8.73. The van der Waals surface area contributed by atoms with Gasteiger partial charge < -0.3 is 19.5 Å². The van der Waals surface area contributed by atoms with Crippen molar-refractivity contribution in [1.29, 1.82) is 0 Å². The lowest BCUT2D eigenvalue weighted by atomic mass is 10.2. The van der Waals surface area contributed by atoms with Crippen LogP contribution in [0.15, 0.2) is 47.4 Å². The van der Waals surface area contributed by atoms with Gasteiger partial charge in [0.2, 0.25) is 26.0 Å². The smallest absolute Gasteiger partial charge is 0.243 e. The molecule has 0 aliphatic carbocycles. The second kappa shape index (κ2) is 11.6. The molecular weight excluding hydrogens is 522 g/mol. The Hall–Kier alpha value is -3.03. The van der Waals surface area contributed by atoms with Crippen LogP contribution in [0.25, 0.3) is 0 Å². The molecule has 2 aliphatic heterocycles. The normalized spacial score (nSPS) is 16.1. The van der Waals surface area contributed by atoms with Crippen LogP contribution in [0.4, 0.5) is 5.69 Å². The maximum absolute atomic E-state index is 12.7. The number of hydrogen-bond acceptors (Lipinski definition) is 8. The van der Waals surface area contributed by atoms with E-state index in [4.69, 9.17) is 14.2 Å². The number of anilines is 1. The highest BCUT2D eigenvalue weighted by molar-refractivity contribution is 7.92. The molecule has 202 valence electrons. The first-order valence-corrected chi connectivity index (χ1v) is 15.3. The summed E-state index contributed by atoms with van der Waals surface area (Å²) in [5.41, 5.74) is 0.290. The predicted octanol–water partition coefficient (Wildman–Crippen LogP) is 1.59. The number of piperidine rings is 1. The van der Waals surface area contributed by atoms with Crippen LogP contribution in [-0.2, 0) is 24.8 Å². The van der Waals surface area contributed by atoms with Gasteiger partial charge in [0, 0.05) is 19.2 Å². The van der Waals surface area contributed by atoms with E-state index >= 15 is 0 Å². The molecule has 11 nitrogen and oxygen atoms in total. The van der Waals surface area contributed by atoms with Gasteiger partial charge in [0.25, 0.3) is 0 Å². The number of ether oxygens (including phenoxy) is 3. The maximum Gasteiger partial charge on any atom is 0.243 e. The highest BCUT2D eigenvalue weighted by atomic mass is 32.2. The number of hydrogen-bond donors (Lipinski definition) is 1. The summed E-state index contributed by atoms with van der Waals surface area (Å²) in [7, 11) is -7.26. The van der Waals surface area contributed by atoms with Crippen LogP contribution in [0.2, 0.25) is 0 Å². The molecule has 1 saturated heterocycles. The fourth-order valence-corrected chi connectivity index (χ4v) is 6.46. The predicted molar refractivity (Wildman–Crippen MR) is 137 cm³/mol. The number of amides is 1. The van der Waals surface area contributed by atoms with Crippen LogP contribution in [-0.4, -0.2) is 79.3 Å². The number of rotatable bonds is 10. The fraction of sp³-hybridized carbons (Fsp3) is 0.458.